The molecule has 1 amide bonds. The second-order valence-corrected chi connectivity index (χ2v) is 10.0. The minimum Gasteiger partial charge on any atom is -0.352 e. The van der Waals surface area contributed by atoms with Gasteiger partial charge in [0.25, 0.3) is 0 Å². The molecule has 0 spiro atoms. The average Bonchev–Trinajstić information content (AvgIpc) is 2.72. The number of benzene rings is 2. The standard InChI is InChI=1S/C22H27ClN2O3S/c1-17-4-11-21(12-5-17)29(27,28)25-14-2-3-19(16-25)8-13-22(26)24-15-18-6-9-20(23)10-7-18/h4-7,9-12,19H,2-3,8,13-16H2,1H3,(H,24,26). The zero-order chi connectivity index (χ0) is 20.9. The molecule has 1 aliphatic rings. The van der Waals surface area contributed by atoms with E-state index >= 15 is 0 Å². The Morgan fingerprint density at radius 2 is 1.83 bits per heavy atom. The summed E-state index contributed by atoms with van der Waals surface area (Å²) in [5.41, 5.74) is 2.03. The lowest BCUT2D eigenvalue weighted by Crippen LogP contribution is -2.40. The van der Waals surface area contributed by atoms with Crippen molar-refractivity contribution in [2.75, 3.05) is 13.1 Å². The molecule has 2 aromatic carbocycles. The van der Waals surface area contributed by atoms with E-state index in [1.807, 2.05) is 31.2 Å². The Kier molecular flexibility index (Phi) is 7.33. The number of nitrogens with zero attached hydrogens (tertiary/aromatic N) is 1. The molecule has 1 heterocycles. The molecule has 7 heteroatoms. The van der Waals surface area contributed by atoms with E-state index in [2.05, 4.69) is 5.32 Å². The van der Waals surface area contributed by atoms with Crippen molar-refractivity contribution in [1.29, 1.82) is 0 Å². The smallest absolute Gasteiger partial charge is 0.243 e. The number of rotatable bonds is 7. The van der Waals surface area contributed by atoms with Crippen LogP contribution >= 0.6 is 11.6 Å². The van der Waals surface area contributed by atoms with Crippen LogP contribution in [-0.2, 0) is 21.4 Å². The van der Waals surface area contributed by atoms with Crippen LogP contribution in [0, 0.1) is 12.8 Å². The minimum atomic E-state index is -3.48. The third-order valence-electron chi connectivity index (χ3n) is 5.32. The van der Waals surface area contributed by atoms with Crippen LogP contribution in [0.25, 0.3) is 0 Å². The molecule has 0 bridgehead atoms. The molecule has 0 saturated carbocycles. The van der Waals surface area contributed by atoms with Crippen molar-refractivity contribution in [3.63, 3.8) is 0 Å². The number of carbonyl (C=O) groups excluding carboxylic acids is 1. The van der Waals surface area contributed by atoms with Crippen molar-refractivity contribution in [2.24, 2.45) is 5.92 Å². The topological polar surface area (TPSA) is 66.5 Å². The van der Waals surface area contributed by atoms with Crippen molar-refractivity contribution in [3.05, 3.63) is 64.7 Å². The summed E-state index contributed by atoms with van der Waals surface area (Å²) in [5, 5.41) is 3.59. The maximum atomic E-state index is 12.9. The normalized spacial score (nSPS) is 17.8. The van der Waals surface area contributed by atoms with Gasteiger partial charge in [-0.25, -0.2) is 8.42 Å². The van der Waals surface area contributed by atoms with Crippen LogP contribution in [-0.4, -0.2) is 31.7 Å². The molecule has 1 unspecified atom stereocenters. The average molecular weight is 435 g/mol. The van der Waals surface area contributed by atoms with Crippen LogP contribution in [0.3, 0.4) is 0 Å². The molecule has 5 nitrogen and oxygen atoms in total. The van der Waals surface area contributed by atoms with Crippen LogP contribution in [0.4, 0.5) is 0 Å². The van der Waals surface area contributed by atoms with Gasteiger partial charge in [0.05, 0.1) is 4.90 Å². The van der Waals surface area contributed by atoms with Crippen LogP contribution in [0.1, 0.15) is 36.8 Å². The Morgan fingerprint density at radius 3 is 2.52 bits per heavy atom. The fraction of sp³-hybridized carbons (Fsp3) is 0.409. The lowest BCUT2D eigenvalue weighted by Gasteiger charge is -2.32. The van der Waals surface area contributed by atoms with E-state index in [1.54, 1.807) is 28.6 Å². The summed E-state index contributed by atoms with van der Waals surface area (Å²) >= 11 is 5.87. The summed E-state index contributed by atoms with van der Waals surface area (Å²) in [7, 11) is -3.48. The summed E-state index contributed by atoms with van der Waals surface area (Å²) < 4.78 is 27.4. The summed E-state index contributed by atoms with van der Waals surface area (Å²) in [6.07, 6.45) is 2.86. The zero-order valence-electron chi connectivity index (χ0n) is 16.6. The Morgan fingerprint density at radius 1 is 1.14 bits per heavy atom. The van der Waals surface area contributed by atoms with E-state index in [0.29, 0.717) is 42.4 Å². The number of carbonyl (C=O) groups is 1. The van der Waals surface area contributed by atoms with E-state index < -0.39 is 10.0 Å². The van der Waals surface area contributed by atoms with Gasteiger partial charge in [0.15, 0.2) is 0 Å². The van der Waals surface area contributed by atoms with Crippen molar-refractivity contribution in [2.45, 2.75) is 44.0 Å². The van der Waals surface area contributed by atoms with Gasteiger partial charge in [-0.1, -0.05) is 41.4 Å². The number of hydrogen-bond acceptors (Lipinski definition) is 3. The van der Waals surface area contributed by atoms with E-state index in [1.165, 1.54) is 0 Å². The van der Waals surface area contributed by atoms with Gasteiger partial charge in [-0.05, 0) is 61.9 Å². The van der Waals surface area contributed by atoms with Crippen LogP contribution in [0.5, 0.6) is 0 Å². The van der Waals surface area contributed by atoms with Crippen LogP contribution < -0.4 is 5.32 Å². The quantitative estimate of drug-likeness (QED) is 0.711. The van der Waals surface area contributed by atoms with Gasteiger partial charge in [0.1, 0.15) is 0 Å². The molecular weight excluding hydrogens is 408 g/mol. The Balaban J connectivity index is 1.49. The zero-order valence-corrected chi connectivity index (χ0v) is 18.2. The molecule has 1 aliphatic heterocycles. The van der Waals surface area contributed by atoms with Gasteiger partial charge in [-0.2, -0.15) is 4.31 Å². The number of piperidine rings is 1. The molecule has 29 heavy (non-hydrogen) atoms. The molecule has 1 atom stereocenters. The van der Waals surface area contributed by atoms with Gasteiger partial charge < -0.3 is 5.32 Å². The molecule has 0 aromatic heterocycles. The molecule has 1 saturated heterocycles. The number of sulfonamides is 1. The number of amides is 1. The van der Waals surface area contributed by atoms with E-state index in [9.17, 15) is 13.2 Å². The van der Waals surface area contributed by atoms with Crippen LogP contribution in [0.15, 0.2) is 53.4 Å². The maximum absolute atomic E-state index is 12.9. The molecule has 0 aliphatic carbocycles. The van der Waals surface area contributed by atoms with Crippen LogP contribution in [0.2, 0.25) is 5.02 Å². The molecule has 2 aromatic rings. The minimum absolute atomic E-state index is 0.0153. The highest BCUT2D eigenvalue weighted by molar-refractivity contribution is 7.89. The number of nitrogens with one attached hydrogen (secondary N) is 1. The highest BCUT2D eigenvalue weighted by Gasteiger charge is 2.30. The van der Waals surface area contributed by atoms with Crippen molar-refractivity contribution in [1.82, 2.24) is 9.62 Å². The van der Waals surface area contributed by atoms with Crippen molar-refractivity contribution in [3.8, 4) is 0 Å². The predicted molar refractivity (Wildman–Crippen MR) is 115 cm³/mol. The number of halogens is 1. The van der Waals surface area contributed by atoms with Gasteiger partial charge in [-0.3, -0.25) is 4.79 Å². The van der Waals surface area contributed by atoms with Gasteiger partial charge in [0, 0.05) is 31.1 Å². The van der Waals surface area contributed by atoms with Crippen molar-refractivity contribution >= 4 is 27.5 Å². The lowest BCUT2D eigenvalue weighted by atomic mass is 9.94. The van der Waals surface area contributed by atoms with Gasteiger partial charge in [-0.15, -0.1) is 0 Å². The second kappa shape index (κ2) is 9.74. The summed E-state index contributed by atoms with van der Waals surface area (Å²) in [6.45, 7) is 3.41. The molecular formula is C22H27ClN2O3S. The predicted octanol–water partition coefficient (Wildman–Crippen LogP) is 4.15. The molecule has 3 rings (SSSR count). The Bertz CT molecular complexity index is 928. The molecule has 156 valence electrons. The first-order chi connectivity index (χ1) is 13.8. The fourth-order valence-corrected chi connectivity index (χ4v) is 5.25. The summed E-state index contributed by atoms with van der Waals surface area (Å²) in [4.78, 5) is 12.5. The fourth-order valence-electron chi connectivity index (χ4n) is 3.57. The first kappa shape index (κ1) is 21.8. The third kappa shape index (κ3) is 6.04. The molecule has 1 N–H and O–H groups in total. The largest absolute Gasteiger partial charge is 0.352 e. The van der Waals surface area contributed by atoms with E-state index in [0.717, 1.165) is 24.0 Å². The SMILES string of the molecule is Cc1ccc(S(=O)(=O)N2CCCC(CCC(=O)NCc3ccc(Cl)cc3)C2)cc1. The second-order valence-electron chi connectivity index (χ2n) is 7.63. The molecule has 0 radical (unpaired) electrons. The van der Waals surface area contributed by atoms with E-state index in [-0.39, 0.29) is 11.8 Å². The highest BCUT2D eigenvalue weighted by atomic mass is 35.5. The van der Waals surface area contributed by atoms with E-state index in [4.69, 9.17) is 11.6 Å². The van der Waals surface area contributed by atoms with Crippen molar-refractivity contribution < 1.29 is 13.2 Å². The highest BCUT2D eigenvalue weighted by Crippen LogP contribution is 2.26. The third-order valence-corrected chi connectivity index (χ3v) is 7.45. The Hall–Kier alpha value is -1.89. The van der Waals surface area contributed by atoms with Gasteiger partial charge in [0.2, 0.25) is 15.9 Å². The summed E-state index contributed by atoms with van der Waals surface area (Å²) in [5.74, 6) is 0.184. The number of aryl methyl sites for hydroxylation is 1. The Labute approximate surface area is 178 Å². The monoisotopic (exact) mass is 434 g/mol. The molecule has 1 fully saturated rings. The first-order valence-corrected chi connectivity index (χ1v) is 11.7. The van der Waals surface area contributed by atoms with Gasteiger partial charge >= 0.3 is 0 Å². The lowest BCUT2D eigenvalue weighted by molar-refractivity contribution is -0.121. The first-order valence-electron chi connectivity index (χ1n) is 9.92. The number of hydrogen-bond donors (Lipinski definition) is 1. The summed E-state index contributed by atoms with van der Waals surface area (Å²) in [6, 6.07) is 14.3. The maximum Gasteiger partial charge on any atom is 0.243 e.